The molecule has 0 unspecified atom stereocenters. The Kier molecular flexibility index (Phi) is 5.39. The Hall–Kier alpha value is -0.440. The third-order valence-electron chi connectivity index (χ3n) is 2.48. The highest BCUT2D eigenvalue weighted by molar-refractivity contribution is 6.38. The number of rotatable bonds is 5. The molecule has 0 bridgehead atoms. The number of anilines is 1. The zero-order valence-electron chi connectivity index (χ0n) is 9.76. The second-order valence-corrected chi connectivity index (χ2v) is 4.88. The summed E-state index contributed by atoms with van der Waals surface area (Å²) in [5.74, 6) is 0. The molecule has 1 rings (SSSR count). The summed E-state index contributed by atoms with van der Waals surface area (Å²) in [6, 6.07) is 3.76. The van der Waals surface area contributed by atoms with Crippen LogP contribution >= 0.6 is 23.2 Å². The maximum atomic E-state index is 5.98. The highest BCUT2D eigenvalue weighted by Gasteiger charge is 2.06. The number of benzene rings is 1. The largest absolute Gasteiger partial charge is 0.396 e. The monoisotopic (exact) mass is 260 g/mol. The molecule has 1 aromatic carbocycles. The van der Waals surface area contributed by atoms with Gasteiger partial charge in [-0.15, -0.1) is 0 Å². The Bertz CT molecular complexity index is 330. The zero-order chi connectivity index (χ0) is 12.1. The van der Waals surface area contributed by atoms with Crippen molar-refractivity contribution in [2.75, 3.05) is 19.3 Å². The van der Waals surface area contributed by atoms with E-state index in [9.17, 15) is 0 Å². The fourth-order valence-corrected chi connectivity index (χ4v) is 2.08. The lowest BCUT2D eigenvalue weighted by Crippen LogP contribution is -2.18. The Morgan fingerprint density at radius 2 is 1.81 bits per heavy atom. The van der Waals surface area contributed by atoms with E-state index in [4.69, 9.17) is 28.9 Å². The van der Waals surface area contributed by atoms with Crippen LogP contribution in [0, 0.1) is 0 Å². The molecule has 0 aliphatic carbocycles. The van der Waals surface area contributed by atoms with E-state index in [1.807, 2.05) is 12.1 Å². The predicted molar refractivity (Wildman–Crippen MR) is 72.1 cm³/mol. The van der Waals surface area contributed by atoms with Crippen molar-refractivity contribution in [1.82, 2.24) is 4.90 Å². The molecule has 2 N–H and O–H groups in total. The summed E-state index contributed by atoms with van der Waals surface area (Å²) < 4.78 is 0. The van der Waals surface area contributed by atoms with E-state index in [1.165, 1.54) is 12.8 Å². The lowest BCUT2D eigenvalue weighted by atomic mass is 10.2. The molecule has 0 radical (unpaired) electrons. The van der Waals surface area contributed by atoms with Crippen molar-refractivity contribution >= 4 is 28.9 Å². The van der Waals surface area contributed by atoms with Crippen LogP contribution in [-0.2, 0) is 6.54 Å². The van der Waals surface area contributed by atoms with Crippen molar-refractivity contribution in [2.24, 2.45) is 0 Å². The smallest absolute Gasteiger partial charge is 0.0693 e. The van der Waals surface area contributed by atoms with E-state index in [0.717, 1.165) is 18.7 Å². The first-order valence-corrected chi connectivity index (χ1v) is 6.22. The van der Waals surface area contributed by atoms with Crippen LogP contribution in [0.2, 0.25) is 10.0 Å². The van der Waals surface area contributed by atoms with E-state index in [0.29, 0.717) is 15.7 Å². The van der Waals surface area contributed by atoms with Gasteiger partial charge in [0.15, 0.2) is 0 Å². The second-order valence-electron chi connectivity index (χ2n) is 4.06. The number of nitrogen functional groups attached to an aromatic ring is 1. The standard InChI is InChI=1S/C12H18Cl2N2/c1-3-4-5-16(2)8-9-6-10(13)12(15)11(14)7-9/h6-7H,3-5,8,15H2,1-2H3. The summed E-state index contributed by atoms with van der Waals surface area (Å²) in [7, 11) is 2.09. The molecule has 0 spiro atoms. The molecule has 0 atom stereocenters. The molecular formula is C12H18Cl2N2. The van der Waals surface area contributed by atoms with Crippen LogP contribution in [0.15, 0.2) is 12.1 Å². The van der Waals surface area contributed by atoms with E-state index in [1.54, 1.807) is 0 Å². The summed E-state index contributed by atoms with van der Waals surface area (Å²) in [6.45, 7) is 4.11. The van der Waals surface area contributed by atoms with E-state index < -0.39 is 0 Å². The van der Waals surface area contributed by atoms with E-state index >= 15 is 0 Å². The van der Waals surface area contributed by atoms with Crippen LogP contribution in [0.5, 0.6) is 0 Å². The van der Waals surface area contributed by atoms with Crippen LogP contribution < -0.4 is 5.73 Å². The van der Waals surface area contributed by atoms with Gasteiger partial charge >= 0.3 is 0 Å². The molecule has 90 valence electrons. The highest BCUT2D eigenvalue weighted by Crippen LogP contribution is 2.29. The lowest BCUT2D eigenvalue weighted by molar-refractivity contribution is 0.321. The van der Waals surface area contributed by atoms with Gasteiger partial charge in [-0.1, -0.05) is 36.5 Å². The molecule has 0 saturated heterocycles. The van der Waals surface area contributed by atoms with Crippen molar-refractivity contribution in [1.29, 1.82) is 0 Å². The molecular weight excluding hydrogens is 243 g/mol. The lowest BCUT2D eigenvalue weighted by Gasteiger charge is -2.17. The van der Waals surface area contributed by atoms with Gasteiger partial charge in [-0.3, -0.25) is 0 Å². The molecule has 0 aliphatic rings. The van der Waals surface area contributed by atoms with Crippen LogP contribution in [0.3, 0.4) is 0 Å². The quantitative estimate of drug-likeness (QED) is 0.817. The maximum absolute atomic E-state index is 5.98. The van der Waals surface area contributed by atoms with E-state index in [-0.39, 0.29) is 0 Å². The summed E-state index contributed by atoms with van der Waals surface area (Å²) in [5, 5.41) is 1.07. The Morgan fingerprint density at radius 3 is 2.31 bits per heavy atom. The minimum Gasteiger partial charge on any atom is -0.396 e. The van der Waals surface area contributed by atoms with Gasteiger partial charge in [-0.2, -0.15) is 0 Å². The summed E-state index contributed by atoms with van der Waals surface area (Å²) in [4.78, 5) is 2.25. The van der Waals surface area contributed by atoms with Crippen LogP contribution in [0.4, 0.5) is 5.69 Å². The van der Waals surface area contributed by atoms with Gasteiger partial charge in [0, 0.05) is 6.54 Å². The fourth-order valence-electron chi connectivity index (χ4n) is 1.55. The molecule has 1 aromatic rings. The number of hydrogen-bond donors (Lipinski definition) is 1. The Balaban J connectivity index is 2.67. The van der Waals surface area contributed by atoms with Crippen LogP contribution in [-0.4, -0.2) is 18.5 Å². The van der Waals surface area contributed by atoms with Gasteiger partial charge in [-0.05, 0) is 37.7 Å². The van der Waals surface area contributed by atoms with Crippen molar-refractivity contribution < 1.29 is 0 Å². The van der Waals surface area contributed by atoms with Crippen molar-refractivity contribution in [3.8, 4) is 0 Å². The second kappa shape index (κ2) is 6.33. The van der Waals surface area contributed by atoms with Gasteiger partial charge in [0.1, 0.15) is 0 Å². The van der Waals surface area contributed by atoms with Crippen LogP contribution in [0.1, 0.15) is 25.3 Å². The maximum Gasteiger partial charge on any atom is 0.0693 e. The fraction of sp³-hybridized carbons (Fsp3) is 0.500. The number of unbranched alkanes of at least 4 members (excludes halogenated alkanes) is 1. The number of nitrogens with two attached hydrogens (primary N) is 1. The zero-order valence-corrected chi connectivity index (χ0v) is 11.3. The van der Waals surface area contributed by atoms with Gasteiger partial charge in [0.25, 0.3) is 0 Å². The normalized spacial score (nSPS) is 11.1. The number of halogens is 2. The Labute approximate surface area is 107 Å². The first kappa shape index (κ1) is 13.6. The SMILES string of the molecule is CCCCN(C)Cc1cc(Cl)c(N)c(Cl)c1. The van der Waals surface area contributed by atoms with Crippen LogP contribution in [0.25, 0.3) is 0 Å². The molecule has 16 heavy (non-hydrogen) atoms. The summed E-state index contributed by atoms with van der Waals surface area (Å²) >= 11 is 12.0. The molecule has 0 aromatic heterocycles. The van der Waals surface area contributed by atoms with Gasteiger partial charge < -0.3 is 10.6 Å². The molecule has 0 heterocycles. The molecule has 4 heteroatoms. The summed E-state index contributed by atoms with van der Waals surface area (Å²) in [6.07, 6.45) is 2.40. The predicted octanol–water partition coefficient (Wildman–Crippen LogP) is 3.81. The molecule has 0 aliphatic heterocycles. The molecule has 0 saturated carbocycles. The minimum absolute atomic E-state index is 0.461. The minimum atomic E-state index is 0.461. The first-order valence-electron chi connectivity index (χ1n) is 5.46. The molecule has 2 nitrogen and oxygen atoms in total. The molecule has 0 amide bonds. The highest BCUT2D eigenvalue weighted by atomic mass is 35.5. The van der Waals surface area contributed by atoms with Gasteiger partial charge in [-0.25, -0.2) is 0 Å². The van der Waals surface area contributed by atoms with Crippen molar-refractivity contribution in [3.05, 3.63) is 27.7 Å². The third kappa shape index (κ3) is 3.85. The molecule has 0 fully saturated rings. The summed E-state index contributed by atoms with van der Waals surface area (Å²) in [5.41, 5.74) is 7.25. The van der Waals surface area contributed by atoms with Crippen molar-refractivity contribution in [3.63, 3.8) is 0 Å². The van der Waals surface area contributed by atoms with Gasteiger partial charge in [0.2, 0.25) is 0 Å². The average molecular weight is 261 g/mol. The average Bonchev–Trinajstić information content (AvgIpc) is 2.23. The number of hydrogen-bond acceptors (Lipinski definition) is 2. The van der Waals surface area contributed by atoms with Crippen molar-refractivity contribution in [2.45, 2.75) is 26.3 Å². The topological polar surface area (TPSA) is 29.3 Å². The Morgan fingerprint density at radius 1 is 1.25 bits per heavy atom. The van der Waals surface area contributed by atoms with Gasteiger partial charge in [0.05, 0.1) is 15.7 Å². The van der Waals surface area contributed by atoms with E-state index in [2.05, 4.69) is 18.9 Å². The number of nitrogens with zero attached hydrogens (tertiary/aromatic N) is 1. The first-order chi connectivity index (χ1) is 7.54. The third-order valence-corrected chi connectivity index (χ3v) is 3.11.